The van der Waals surface area contributed by atoms with Crippen LogP contribution in [0.3, 0.4) is 0 Å². The van der Waals surface area contributed by atoms with Crippen molar-refractivity contribution in [1.29, 1.82) is 0 Å². The Kier molecular flexibility index (Phi) is 34.7. The number of esters is 3. The fraction of sp³-hybridized carbons (Fsp3) is 0.932. The highest BCUT2D eigenvalue weighted by Gasteiger charge is 2.19. The standard InChI is InChI=1S/C44H84O6/c1-7-40(6)32-26-20-12-10-8-9-11-13-21-27-33-42(45)48-36-41(50-44(47)35-29-23-17-15-19-25-31-39(4)5)37-49-43(46)34-28-22-16-14-18-24-30-38(2)3/h38-41H,7-37H2,1-6H3/t40?,41-/m0/s1. The van der Waals surface area contributed by atoms with Gasteiger partial charge in [0.1, 0.15) is 13.2 Å². The second-order valence-electron chi connectivity index (χ2n) is 16.2. The van der Waals surface area contributed by atoms with Crippen molar-refractivity contribution >= 4 is 17.9 Å². The van der Waals surface area contributed by atoms with E-state index in [1.807, 2.05) is 0 Å². The van der Waals surface area contributed by atoms with Gasteiger partial charge in [-0.1, -0.05) is 189 Å². The minimum absolute atomic E-state index is 0.0680. The van der Waals surface area contributed by atoms with Crippen molar-refractivity contribution < 1.29 is 28.6 Å². The summed E-state index contributed by atoms with van der Waals surface area (Å²) in [7, 11) is 0. The average Bonchev–Trinajstić information content (AvgIpc) is 3.08. The molecular formula is C44H84O6. The van der Waals surface area contributed by atoms with Crippen LogP contribution in [-0.2, 0) is 28.6 Å². The third-order valence-electron chi connectivity index (χ3n) is 10.0. The first-order valence-electron chi connectivity index (χ1n) is 21.6. The van der Waals surface area contributed by atoms with Crippen molar-refractivity contribution in [3.05, 3.63) is 0 Å². The summed E-state index contributed by atoms with van der Waals surface area (Å²) in [5, 5.41) is 0. The lowest BCUT2D eigenvalue weighted by Crippen LogP contribution is -2.30. The zero-order chi connectivity index (χ0) is 37.1. The van der Waals surface area contributed by atoms with Crippen LogP contribution in [0.15, 0.2) is 0 Å². The summed E-state index contributed by atoms with van der Waals surface area (Å²) in [4.78, 5) is 37.5. The van der Waals surface area contributed by atoms with E-state index in [0.717, 1.165) is 75.5 Å². The van der Waals surface area contributed by atoms with Crippen LogP contribution in [0, 0.1) is 17.8 Å². The molecule has 0 aromatic rings. The summed E-state index contributed by atoms with van der Waals surface area (Å²) < 4.78 is 16.6. The Morgan fingerprint density at radius 1 is 0.400 bits per heavy atom. The number of carbonyl (C=O) groups excluding carboxylic acids is 3. The van der Waals surface area contributed by atoms with Gasteiger partial charge >= 0.3 is 17.9 Å². The smallest absolute Gasteiger partial charge is 0.306 e. The lowest BCUT2D eigenvalue weighted by molar-refractivity contribution is -0.167. The fourth-order valence-electron chi connectivity index (χ4n) is 6.32. The third-order valence-corrected chi connectivity index (χ3v) is 10.0. The molecule has 0 rings (SSSR count). The van der Waals surface area contributed by atoms with Crippen LogP contribution >= 0.6 is 0 Å². The molecule has 0 aromatic heterocycles. The first kappa shape index (κ1) is 48.4. The third kappa shape index (κ3) is 36.2. The normalized spacial score (nSPS) is 12.7. The summed E-state index contributed by atoms with van der Waals surface area (Å²) in [6, 6.07) is 0. The number of rotatable bonds is 37. The number of unbranched alkanes of at least 4 members (excludes halogenated alkanes) is 19. The molecule has 0 fully saturated rings. The molecule has 2 atom stereocenters. The van der Waals surface area contributed by atoms with Crippen molar-refractivity contribution in [3.8, 4) is 0 Å². The lowest BCUT2D eigenvalue weighted by atomic mass is 9.99. The second-order valence-corrected chi connectivity index (χ2v) is 16.2. The highest BCUT2D eigenvalue weighted by Crippen LogP contribution is 2.17. The number of carbonyl (C=O) groups is 3. The van der Waals surface area contributed by atoms with Crippen molar-refractivity contribution in [3.63, 3.8) is 0 Å². The van der Waals surface area contributed by atoms with Gasteiger partial charge in [0.25, 0.3) is 0 Å². The molecule has 50 heavy (non-hydrogen) atoms. The Morgan fingerprint density at radius 3 is 1.04 bits per heavy atom. The van der Waals surface area contributed by atoms with Gasteiger partial charge in [-0.25, -0.2) is 0 Å². The summed E-state index contributed by atoms with van der Waals surface area (Å²) in [5.41, 5.74) is 0. The van der Waals surface area contributed by atoms with Crippen LogP contribution in [0.25, 0.3) is 0 Å². The Morgan fingerprint density at radius 2 is 0.700 bits per heavy atom. The highest BCUT2D eigenvalue weighted by molar-refractivity contribution is 5.71. The second kappa shape index (κ2) is 35.8. The Balaban J connectivity index is 4.32. The maximum absolute atomic E-state index is 12.6. The highest BCUT2D eigenvalue weighted by atomic mass is 16.6. The molecule has 0 heterocycles. The topological polar surface area (TPSA) is 78.9 Å². The number of ether oxygens (including phenoxy) is 3. The van der Waals surface area contributed by atoms with Crippen molar-refractivity contribution in [2.24, 2.45) is 17.8 Å². The molecule has 0 saturated carbocycles. The Bertz CT molecular complexity index is 778. The van der Waals surface area contributed by atoms with Crippen LogP contribution < -0.4 is 0 Å². The summed E-state index contributed by atoms with van der Waals surface area (Å²) in [6.45, 7) is 13.6. The molecule has 0 spiro atoms. The first-order chi connectivity index (χ1) is 24.1. The molecule has 0 aromatic carbocycles. The Hall–Kier alpha value is -1.59. The summed E-state index contributed by atoms with van der Waals surface area (Å²) in [5.74, 6) is 1.52. The molecule has 0 aliphatic rings. The van der Waals surface area contributed by atoms with Crippen LogP contribution in [0.4, 0.5) is 0 Å². The first-order valence-corrected chi connectivity index (χ1v) is 21.6. The predicted octanol–water partition coefficient (Wildman–Crippen LogP) is 13.3. The number of hydrogen-bond donors (Lipinski definition) is 0. The molecule has 0 N–H and O–H groups in total. The van der Waals surface area contributed by atoms with Crippen molar-refractivity contribution in [1.82, 2.24) is 0 Å². The van der Waals surface area contributed by atoms with E-state index in [0.29, 0.717) is 19.3 Å². The van der Waals surface area contributed by atoms with Gasteiger partial charge in [-0.05, 0) is 37.0 Å². The maximum Gasteiger partial charge on any atom is 0.306 e. The minimum Gasteiger partial charge on any atom is -0.462 e. The van der Waals surface area contributed by atoms with Crippen LogP contribution in [-0.4, -0.2) is 37.2 Å². The largest absolute Gasteiger partial charge is 0.462 e. The van der Waals surface area contributed by atoms with E-state index in [1.54, 1.807) is 0 Å². The molecule has 0 aliphatic carbocycles. The zero-order valence-electron chi connectivity index (χ0n) is 34.2. The molecule has 0 saturated heterocycles. The monoisotopic (exact) mass is 709 g/mol. The SMILES string of the molecule is CCC(C)CCCCCCCCCCCCC(=O)OC[C@@H](COC(=O)CCCCCCCCC(C)C)OC(=O)CCCCCCCCC(C)C. The van der Waals surface area contributed by atoms with Gasteiger partial charge in [0.2, 0.25) is 0 Å². The van der Waals surface area contributed by atoms with Gasteiger partial charge in [-0.2, -0.15) is 0 Å². The van der Waals surface area contributed by atoms with Gasteiger partial charge in [0, 0.05) is 19.3 Å². The van der Waals surface area contributed by atoms with E-state index in [4.69, 9.17) is 14.2 Å². The molecule has 0 amide bonds. The van der Waals surface area contributed by atoms with E-state index in [2.05, 4.69) is 41.5 Å². The number of hydrogen-bond acceptors (Lipinski definition) is 6. The Labute approximate surface area is 310 Å². The van der Waals surface area contributed by atoms with E-state index >= 15 is 0 Å². The predicted molar refractivity (Wildman–Crippen MR) is 210 cm³/mol. The lowest BCUT2D eigenvalue weighted by Gasteiger charge is -2.18. The van der Waals surface area contributed by atoms with Crippen LogP contribution in [0.5, 0.6) is 0 Å². The van der Waals surface area contributed by atoms with Gasteiger partial charge in [0.05, 0.1) is 0 Å². The molecule has 0 aliphatic heterocycles. The molecule has 0 bridgehead atoms. The van der Waals surface area contributed by atoms with Gasteiger partial charge in [0.15, 0.2) is 6.10 Å². The van der Waals surface area contributed by atoms with Gasteiger partial charge in [-0.3, -0.25) is 14.4 Å². The van der Waals surface area contributed by atoms with E-state index in [-0.39, 0.29) is 31.1 Å². The molecule has 296 valence electrons. The summed E-state index contributed by atoms with van der Waals surface area (Å²) >= 11 is 0. The molecule has 0 radical (unpaired) electrons. The molecular weight excluding hydrogens is 624 g/mol. The molecule has 6 nitrogen and oxygen atoms in total. The van der Waals surface area contributed by atoms with E-state index < -0.39 is 6.10 Å². The van der Waals surface area contributed by atoms with E-state index in [9.17, 15) is 14.4 Å². The maximum atomic E-state index is 12.6. The van der Waals surface area contributed by atoms with Crippen LogP contribution in [0.1, 0.15) is 228 Å². The van der Waals surface area contributed by atoms with Crippen LogP contribution in [0.2, 0.25) is 0 Å². The van der Waals surface area contributed by atoms with Crippen molar-refractivity contribution in [2.45, 2.75) is 234 Å². The zero-order valence-corrected chi connectivity index (χ0v) is 34.2. The van der Waals surface area contributed by atoms with Gasteiger partial charge < -0.3 is 14.2 Å². The minimum atomic E-state index is -0.762. The quantitative estimate of drug-likeness (QED) is 0.0363. The summed E-state index contributed by atoms with van der Waals surface area (Å²) in [6.07, 6.45) is 31.1. The molecule has 1 unspecified atom stereocenters. The molecule has 6 heteroatoms. The average molecular weight is 709 g/mol. The fourth-order valence-corrected chi connectivity index (χ4v) is 6.32. The van der Waals surface area contributed by atoms with Gasteiger partial charge in [-0.15, -0.1) is 0 Å². The van der Waals surface area contributed by atoms with Crippen molar-refractivity contribution in [2.75, 3.05) is 13.2 Å². The van der Waals surface area contributed by atoms with E-state index in [1.165, 1.54) is 109 Å².